The predicted octanol–water partition coefficient (Wildman–Crippen LogP) is 4.14. The van der Waals surface area contributed by atoms with Gasteiger partial charge in [-0.3, -0.25) is 4.79 Å². The van der Waals surface area contributed by atoms with Crippen molar-refractivity contribution in [3.8, 4) is 0 Å². The average Bonchev–Trinajstić information content (AvgIpc) is 2.47. The van der Waals surface area contributed by atoms with Crippen LogP contribution >= 0.6 is 23.2 Å². The molecular formula is C17H14Cl2N2O. The van der Waals surface area contributed by atoms with Gasteiger partial charge >= 0.3 is 0 Å². The van der Waals surface area contributed by atoms with Crippen molar-refractivity contribution in [1.29, 1.82) is 0 Å². The molecule has 0 aliphatic rings. The molecule has 0 aliphatic heterocycles. The van der Waals surface area contributed by atoms with Gasteiger partial charge in [0.15, 0.2) is 0 Å². The van der Waals surface area contributed by atoms with E-state index in [1.807, 2.05) is 31.2 Å². The molecule has 0 spiro atoms. The van der Waals surface area contributed by atoms with E-state index in [-0.39, 0.29) is 5.56 Å². The summed E-state index contributed by atoms with van der Waals surface area (Å²) in [5, 5.41) is 7.15. The number of nitrogens with zero attached hydrogens (tertiary/aromatic N) is 2. The van der Waals surface area contributed by atoms with Crippen molar-refractivity contribution in [2.75, 3.05) is 0 Å². The molecule has 0 saturated heterocycles. The van der Waals surface area contributed by atoms with E-state index in [9.17, 15) is 4.79 Å². The Kier molecular flexibility index (Phi) is 3.94. The van der Waals surface area contributed by atoms with E-state index in [2.05, 4.69) is 5.10 Å². The molecule has 3 rings (SSSR count). The number of halogens is 2. The van der Waals surface area contributed by atoms with Crippen molar-refractivity contribution in [3.05, 3.63) is 73.6 Å². The SMILES string of the molecule is Cc1ccc2c(=O)n(C)nc(Cc3ccc(Cl)cc3Cl)c2c1. The topological polar surface area (TPSA) is 34.9 Å². The molecule has 5 heteroatoms. The molecule has 0 radical (unpaired) electrons. The first-order valence-corrected chi connectivity index (χ1v) is 7.62. The third kappa shape index (κ3) is 2.74. The van der Waals surface area contributed by atoms with Crippen molar-refractivity contribution in [3.63, 3.8) is 0 Å². The van der Waals surface area contributed by atoms with Gasteiger partial charge in [-0.15, -0.1) is 0 Å². The Balaban J connectivity index is 2.20. The number of rotatable bonds is 2. The van der Waals surface area contributed by atoms with Crippen molar-refractivity contribution < 1.29 is 0 Å². The van der Waals surface area contributed by atoms with Gasteiger partial charge in [0.05, 0.1) is 11.1 Å². The van der Waals surface area contributed by atoms with Gasteiger partial charge in [-0.2, -0.15) is 5.10 Å². The zero-order chi connectivity index (χ0) is 15.9. The third-order valence-electron chi connectivity index (χ3n) is 3.65. The predicted molar refractivity (Wildman–Crippen MR) is 91.0 cm³/mol. The molecule has 3 nitrogen and oxygen atoms in total. The van der Waals surface area contributed by atoms with Crippen LogP contribution in [0, 0.1) is 6.92 Å². The molecule has 3 aromatic rings. The van der Waals surface area contributed by atoms with Crippen molar-refractivity contribution in [2.45, 2.75) is 13.3 Å². The quantitative estimate of drug-likeness (QED) is 0.706. The normalized spacial score (nSPS) is 11.1. The van der Waals surface area contributed by atoms with Gasteiger partial charge in [0.2, 0.25) is 0 Å². The minimum atomic E-state index is -0.0963. The Bertz CT molecular complexity index is 932. The van der Waals surface area contributed by atoms with E-state index in [0.29, 0.717) is 21.9 Å². The first-order valence-electron chi connectivity index (χ1n) is 6.86. The lowest BCUT2D eigenvalue weighted by Gasteiger charge is -2.10. The summed E-state index contributed by atoms with van der Waals surface area (Å²) in [6, 6.07) is 11.2. The number of hydrogen-bond acceptors (Lipinski definition) is 2. The highest BCUT2D eigenvalue weighted by Crippen LogP contribution is 2.25. The van der Waals surface area contributed by atoms with E-state index in [1.54, 1.807) is 19.2 Å². The minimum absolute atomic E-state index is 0.0963. The Labute approximate surface area is 138 Å². The van der Waals surface area contributed by atoms with Crippen LogP contribution in [-0.4, -0.2) is 9.78 Å². The smallest absolute Gasteiger partial charge is 0.267 e. The zero-order valence-corrected chi connectivity index (χ0v) is 13.7. The monoisotopic (exact) mass is 332 g/mol. The number of benzene rings is 2. The summed E-state index contributed by atoms with van der Waals surface area (Å²) in [5.74, 6) is 0. The van der Waals surface area contributed by atoms with Crippen LogP contribution in [0.25, 0.3) is 10.8 Å². The van der Waals surface area contributed by atoms with Crippen LogP contribution in [0.1, 0.15) is 16.8 Å². The van der Waals surface area contributed by atoms with E-state index in [0.717, 1.165) is 22.2 Å². The lowest BCUT2D eigenvalue weighted by Crippen LogP contribution is -2.21. The first kappa shape index (κ1) is 15.1. The van der Waals surface area contributed by atoms with Crippen LogP contribution in [0.5, 0.6) is 0 Å². The molecule has 2 aromatic carbocycles. The van der Waals surface area contributed by atoms with E-state index in [1.165, 1.54) is 4.68 Å². The summed E-state index contributed by atoms with van der Waals surface area (Å²) in [5.41, 5.74) is 2.75. The summed E-state index contributed by atoms with van der Waals surface area (Å²) >= 11 is 12.2. The van der Waals surface area contributed by atoms with E-state index in [4.69, 9.17) is 23.2 Å². The molecule has 0 N–H and O–H groups in total. The Morgan fingerprint density at radius 2 is 1.86 bits per heavy atom. The van der Waals surface area contributed by atoms with Crippen LogP contribution in [-0.2, 0) is 13.5 Å². The number of fused-ring (bicyclic) bond motifs is 1. The molecule has 0 unspecified atom stereocenters. The maximum absolute atomic E-state index is 12.2. The second kappa shape index (κ2) is 5.75. The Hall–Kier alpha value is -1.84. The first-order chi connectivity index (χ1) is 10.5. The lowest BCUT2D eigenvalue weighted by atomic mass is 10.0. The molecule has 0 fully saturated rings. The molecule has 112 valence electrons. The largest absolute Gasteiger partial charge is 0.274 e. The summed E-state index contributed by atoms with van der Waals surface area (Å²) in [6.45, 7) is 2.00. The van der Waals surface area contributed by atoms with Crippen LogP contribution in [0.3, 0.4) is 0 Å². The van der Waals surface area contributed by atoms with Gasteiger partial charge < -0.3 is 0 Å². The third-order valence-corrected chi connectivity index (χ3v) is 4.24. The Morgan fingerprint density at radius 1 is 1.09 bits per heavy atom. The van der Waals surface area contributed by atoms with Gasteiger partial charge in [-0.1, -0.05) is 40.9 Å². The molecule has 0 saturated carbocycles. The molecule has 0 bridgehead atoms. The Morgan fingerprint density at radius 3 is 2.59 bits per heavy atom. The lowest BCUT2D eigenvalue weighted by molar-refractivity contribution is 0.697. The van der Waals surface area contributed by atoms with Crippen LogP contribution in [0.4, 0.5) is 0 Å². The highest BCUT2D eigenvalue weighted by atomic mass is 35.5. The van der Waals surface area contributed by atoms with Crippen LogP contribution in [0.2, 0.25) is 10.0 Å². The zero-order valence-electron chi connectivity index (χ0n) is 12.2. The van der Waals surface area contributed by atoms with Crippen molar-refractivity contribution in [1.82, 2.24) is 9.78 Å². The maximum atomic E-state index is 12.2. The highest BCUT2D eigenvalue weighted by molar-refractivity contribution is 6.35. The van der Waals surface area contributed by atoms with E-state index >= 15 is 0 Å². The number of hydrogen-bond donors (Lipinski definition) is 0. The second-order valence-electron chi connectivity index (χ2n) is 5.34. The molecule has 1 aromatic heterocycles. The van der Waals surface area contributed by atoms with Gasteiger partial charge in [-0.05, 0) is 36.8 Å². The van der Waals surface area contributed by atoms with Crippen molar-refractivity contribution in [2.24, 2.45) is 7.05 Å². The summed E-state index contributed by atoms with van der Waals surface area (Å²) in [7, 11) is 1.66. The van der Waals surface area contributed by atoms with Gasteiger partial charge in [0.1, 0.15) is 0 Å². The molecule has 1 heterocycles. The van der Waals surface area contributed by atoms with Gasteiger partial charge in [0.25, 0.3) is 5.56 Å². The maximum Gasteiger partial charge on any atom is 0.274 e. The minimum Gasteiger partial charge on any atom is -0.267 e. The van der Waals surface area contributed by atoms with Crippen LogP contribution in [0.15, 0.2) is 41.2 Å². The fraction of sp³-hybridized carbons (Fsp3) is 0.176. The summed E-state index contributed by atoms with van der Waals surface area (Å²) in [6.07, 6.45) is 0.546. The highest BCUT2D eigenvalue weighted by Gasteiger charge is 2.11. The van der Waals surface area contributed by atoms with Crippen molar-refractivity contribution >= 4 is 34.0 Å². The standard InChI is InChI=1S/C17H14Cl2N2O/c1-10-3-6-13-14(7-10)16(20-21(2)17(13)22)8-11-4-5-12(18)9-15(11)19/h3-7,9H,8H2,1-2H3. The summed E-state index contributed by atoms with van der Waals surface area (Å²) < 4.78 is 1.37. The number of aryl methyl sites for hydroxylation is 2. The molecule has 0 aliphatic carbocycles. The molecule has 0 amide bonds. The summed E-state index contributed by atoms with van der Waals surface area (Å²) in [4.78, 5) is 12.2. The van der Waals surface area contributed by atoms with Crippen LogP contribution < -0.4 is 5.56 Å². The fourth-order valence-corrected chi connectivity index (χ4v) is 2.99. The molecule has 0 atom stereocenters. The van der Waals surface area contributed by atoms with Gasteiger partial charge in [-0.25, -0.2) is 4.68 Å². The molecular weight excluding hydrogens is 319 g/mol. The number of aromatic nitrogens is 2. The average molecular weight is 333 g/mol. The van der Waals surface area contributed by atoms with E-state index < -0.39 is 0 Å². The molecule has 22 heavy (non-hydrogen) atoms. The fourth-order valence-electron chi connectivity index (χ4n) is 2.51. The second-order valence-corrected chi connectivity index (χ2v) is 6.18. The van der Waals surface area contributed by atoms with Gasteiger partial charge in [0, 0.05) is 28.9 Å².